The Morgan fingerprint density at radius 2 is 1.24 bits per heavy atom. The summed E-state index contributed by atoms with van der Waals surface area (Å²) < 4.78 is 59.4. The van der Waals surface area contributed by atoms with Gasteiger partial charge in [0.1, 0.15) is 0 Å². The molecule has 0 aliphatic heterocycles. The molecule has 0 aliphatic rings. The van der Waals surface area contributed by atoms with Gasteiger partial charge in [-0.3, -0.25) is 18.7 Å². The number of hydrogen-bond acceptors (Lipinski definition) is 7. The Labute approximate surface area is 123 Å². The van der Waals surface area contributed by atoms with Crippen molar-refractivity contribution in [2.75, 3.05) is 19.6 Å². The fourth-order valence-electron chi connectivity index (χ4n) is 1.47. The number of unbranched alkanes of at least 4 members (excludes halogenated alkanes) is 1. The van der Waals surface area contributed by atoms with Crippen molar-refractivity contribution in [2.45, 2.75) is 32.6 Å². The summed E-state index contributed by atoms with van der Waals surface area (Å²) in [5.74, 6) is 0. The van der Waals surface area contributed by atoms with E-state index in [9.17, 15) is 26.4 Å². The lowest BCUT2D eigenvalue weighted by atomic mass is 10.3. The number of rotatable bonds is 9. The standard InChI is InChI=1S/C10H19NO8S2/c1-2-3-6-11(7-4-9(12)20(14,15)16)8-5-10(13)21(17,18)19/h2-8H2,1H3,(H,14,15,16)(H,17,18,19). The summed E-state index contributed by atoms with van der Waals surface area (Å²) in [7, 11) is -9.48. The molecule has 11 heteroatoms. The van der Waals surface area contributed by atoms with Crippen molar-refractivity contribution in [2.24, 2.45) is 0 Å². The largest absolute Gasteiger partial charge is 0.328 e. The predicted octanol–water partition coefficient (Wildman–Crippen LogP) is -0.302. The molecule has 9 nitrogen and oxygen atoms in total. The van der Waals surface area contributed by atoms with Gasteiger partial charge in [-0.15, -0.1) is 0 Å². The monoisotopic (exact) mass is 345 g/mol. The summed E-state index contributed by atoms with van der Waals surface area (Å²) in [6, 6.07) is 0. The molecule has 0 atom stereocenters. The van der Waals surface area contributed by atoms with Gasteiger partial charge in [-0.25, -0.2) is 0 Å². The van der Waals surface area contributed by atoms with Crippen LogP contribution in [0.5, 0.6) is 0 Å². The molecule has 0 rings (SSSR count). The first kappa shape index (κ1) is 20.1. The van der Waals surface area contributed by atoms with Crippen LogP contribution in [0.3, 0.4) is 0 Å². The highest BCUT2D eigenvalue weighted by Crippen LogP contribution is 2.03. The third kappa shape index (κ3) is 8.88. The summed E-state index contributed by atoms with van der Waals surface area (Å²) in [5, 5.41) is -2.68. The summed E-state index contributed by atoms with van der Waals surface area (Å²) in [4.78, 5) is 23.7. The van der Waals surface area contributed by atoms with Crippen LogP contribution in [-0.2, 0) is 29.8 Å². The maximum Gasteiger partial charge on any atom is 0.328 e. The number of carbonyl (C=O) groups excluding carboxylic acids is 2. The van der Waals surface area contributed by atoms with Gasteiger partial charge in [0.15, 0.2) is 0 Å². The van der Waals surface area contributed by atoms with Gasteiger partial charge in [-0.1, -0.05) is 13.3 Å². The van der Waals surface area contributed by atoms with E-state index in [4.69, 9.17) is 9.11 Å². The Morgan fingerprint density at radius 3 is 1.52 bits per heavy atom. The minimum atomic E-state index is -4.74. The molecule has 0 spiro atoms. The molecule has 0 saturated heterocycles. The molecule has 0 radical (unpaired) electrons. The highest BCUT2D eigenvalue weighted by Gasteiger charge is 2.22. The zero-order valence-corrected chi connectivity index (χ0v) is 13.2. The molecular formula is C10H19NO8S2. The van der Waals surface area contributed by atoms with Gasteiger partial charge in [-0.05, 0) is 13.0 Å². The van der Waals surface area contributed by atoms with Crippen molar-refractivity contribution in [3.8, 4) is 0 Å². The Balaban J connectivity index is 4.53. The molecule has 0 aromatic heterocycles. The molecule has 0 heterocycles. The SMILES string of the molecule is CCCCN(CCC(=O)S(=O)(=O)O)CCC(=O)S(=O)(=O)O. The maximum absolute atomic E-state index is 11.1. The molecule has 0 aromatic rings. The zero-order chi connectivity index (χ0) is 16.7. The molecule has 2 N–H and O–H groups in total. The second-order valence-corrected chi connectivity index (χ2v) is 7.20. The van der Waals surface area contributed by atoms with Gasteiger partial charge in [0, 0.05) is 25.9 Å². The lowest BCUT2D eigenvalue weighted by molar-refractivity contribution is -0.112. The van der Waals surface area contributed by atoms with E-state index in [1.54, 1.807) is 0 Å². The van der Waals surface area contributed by atoms with Crippen LogP contribution in [0.4, 0.5) is 0 Å². The average molecular weight is 345 g/mol. The second-order valence-electron chi connectivity index (χ2n) is 4.39. The molecular weight excluding hydrogens is 326 g/mol. The molecule has 0 bridgehead atoms. The lowest BCUT2D eigenvalue weighted by Crippen LogP contribution is -2.32. The zero-order valence-electron chi connectivity index (χ0n) is 11.6. The highest BCUT2D eigenvalue weighted by atomic mass is 32.2. The topological polar surface area (TPSA) is 146 Å². The van der Waals surface area contributed by atoms with E-state index in [1.807, 2.05) is 6.92 Å². The fourth-order valence-corrected chi connectivity index (χ4v) is 2.17. The molecule has 124 valence electrons. The molecule has 0 aromatic carbocycles. The van der Waals surface area contributed by atoms with E-state index in [-0.39, 0.29) is 13.1 Å². The summed E-state index contributed by atoms with van der Waals surface area (Å²) in [6.07, 6.45) is 0.556. The summed E-state index contributed by atoms with van der Waals surface area (Å²) in [6.45, 7) is 2.23. The summed E-state index contributed by atoms with van der Waals surface area (Å²) in [5.41, 5.74) is 0. The Kier molecular flexibility index (Phi) is 8.18. The predicted molar refractivity (Wildman–Crippen MR) is 73.7 cm³/mol. The fraction of sp³-hybridized carbons (Fsp3) is 0.800. The van der Waals surface area contributed by atoms with Crippen LogP contribution in [0.15, 0.2) is 0 Å². The third-order valence-corrected chi connectivity index (χ3v) is 4.23. The minimum Gasteiger partial charge on any atom is -0.302 e. The van der Waals surface area contributed by atoms with Crippen molar-refractivity contribution in [3.05, 3.63) is 0 Å². The van der Waals surface area contributed by atoms with Crippen molar-refractivity contribution >= 4 is 30.5 Å². The molecule has 0 aliphatic carbocycles. The van der Waals surface area contributed by atoms with E-state index >= 15 is 0 Å². The van der Waals surface area contributed by atoms with Gasteiger partial charge < -0.3 is 4.90 Å². The highest BCUT2D eigenvalue weighted by molar-refractivity contribution is 8.01. The van der Waals surface area contributed by atoms with Crippen LogP contribution in [0.1, 0.15) is 32.6 Å². The smallest absolute Gasteiger partial charge is 0.302 e. The Bertz CT molecular complexity index is 518. The number of nitrogens with zero attached hydrogens (tertiary/aromatic N) is 1. The first-order valence-electron chi connectivity index (χ1n) is 6.21. The first-order valence-corrected chi connectivity index (χ1v) is 9.09. The van der Waals surface area contributed by atoms with Gasteiger partial charge in [0.05, 0.1) is 0 Å². The van der Waals surface area contributed by atoms with Crippen LogP contribution in [0, 0.1) is 0 Å². The summed E-state index contributed by atoms with van der Waals surface area (Å²) >= 11 is 0. The Hall–Kier alpha value is -0.880. The molecule has 0 amide bonds. The molecule has 0 fully saturated rings. The van der Waals surface area contributed by atoms with Gasteiger partial charge in [-0.2, -0.15) is 16.8 Å². The molecule has 0 unspecified atom stereocenters. The van der Waals surface area contributed by atoms with Gasteiger partial charge >= 0.3 is 20.2 Å². The van der Waals surface area contributed by atoms with E-state index in [0.29, 0.717) is 13.0 Å². The van der Waals surface area contributed by atoms with Crippen LogP contribution in [-0.4, -0.2) is 60.7 Å². The normalized spacial score (nSPS) is 12.6. The van der Waals surface area contributed by atoms with Crippen molar-refractivity contribution in [3.63, 3.8) is 0 Å². The molecule has 21 heavy (non-hydrogen) atoms. The average Bonchev–Trinajstić information content (AvgIpc) is 2.34. The van der Waals surface area contributed by atoms with Crippen molar-refractivity contribution in [1.82, 2.24) is 4.90 Å². The van der Waals surface area contributed by atoms with Crippen molar-refractivity contribution in [1.29, 1.82) is 0 Å². The maximum atomic E-state index is 11.1. The molecule has 0 saturated carbocycles. The van der Waals surface area contributed by atoms with E-state index in [1.165, 1.54) is 4.90 Å². The first-order chi connectivity index (χ1) is 9.48. The number of hydrogen-bond donors (Lipinski definition) is 2. The van der Waals surface area contributed by atoms with E-state index in [2.05, 4.69) is 0 Å². The van der Waals surface area contributed by atoms with Crippen LogP contribution in [0.2, 0.25) is 0 Å². The van der Waals surface area contributed by atoms with E-state index in [0.717, 1.165) is 6.42 Å². The minimum absolute atomic E-state index is 0.0443. The van der Waals surface area contributed by atoms with Crippen LogP contribution in [0.25, 0.3) is 0 Å². The van der Waals surface area contributed by atoms with Crippen LogP contribution >= 0.6 is 0 Å². The Morgan fingerprint density at radius 1 is 0.857 bits per heavy atom. The van der Waals surface area contributed by atoms with E-state index < -0.39 is 43.3 Å². The van der Waals surface area contributed by atoms with Gasteiger partial charge in [0.2, 0.25) is 0 Å². The van der Waals surface area contributed by atoms with Crippen molar-refractivity contribution < 1.29 is 35.5 Å². The quantitative estimate of drug-likeness (QED) is 0.537. The van der Waals surface area contributed by atoms with Crippen LogP contribution < -0.4 is 0 Å². The second kappa shape index (κ2) is 8.54. The third-order valence-electron chi connectivity index (χ3n) is 2.67. The number of carbonyl (C=O) groups is 2. The lowest BCUT2D eigenvalue weighted by Gasteiger charge is -2.20. The van der Waals surface area contributed by atoms with Gasteiger partial charge in [0.25, 0.3) is 10.2 Å².